The molecule has 0 spiro atoms. The Labute approximate surface area is 115 Å². The third kappa shape index (κ3) is 2.49. The summed E-state index contributed by atoms with van der Waals surface area (Å²) in [7, 11) is 0. The molecule has 0 saturated heterocycles. The second-order valence-corrected chi connectivity index (χ2v) is 4.43. The van der Waals surface area contributed by atoms with Gasteiger partial charge in [-0.2, -0.15) is 0 Å². The largest absolute Gasteiger partial charge is 0.342 e. The van der Waals surface area contributed by atoms with Crippen molar-refractivity contribution >= 4 is 16.9 Å². The number of rotatable bonds is 4. The van der Waals surface area contributed by atoms with Gasteiger partial charge in [-0.1, -0.05) is 12.1 Å². The Balaban J connectivity index is 2.54. The Morgan fingerprint density at radius 2 is 1.85 bits per heavy atom. The highest BCUT2D eigenvalue weighted by Crippen LogP contribution is 2.07. The Bertz CT molecular complexity index is 741. The third-order valence-corrected chi connectivity index (χ3v) is 3.29. The first kappa shape index (κ1) is 14.0. The Hall–Kier alpha value is -2.37. The molecule has 1 aromatic carbocycles. The van der Waals surface area contributed by atoms with Crippen LogP contribution >= 0.6 is 0 Å². The number of para-hydroxylation sites is 2. The molecule has 0 unspecified atom stereocenters. The van der Waals surface area contributed by atoms with Crippen LogP contribution in [0.4, 0.5) is 0 Å². The van der Waals surface area contributed by atoms with E-state index in [0.717, 1.165) is 0 Å². The topological polar surface area (TPSA) is 75.2 Å². The van der Waals surface area contributed by atoms with Crippen molar-refractivity contribution in [3.8, 4) is 0 Å². The second kappa shape index (κ2) is 5.73. The van der Waals surface area contributed by atoms with Gasteiger partial charge < -0.3 is 9.88 Å². The van der Waals surface area contributed by atoms with E-state index in [1.165, 1.54) is 4.57 Å². The number of fused-ring (bicyclic) bond motifs is 1. The number of nitrogens with zero attached hydrogens (tertiary/aromatic N) is 2. The molecule has 6 heteroatoms. The number of benzene rings is 1. The smallest absolute Gasteiger partial charge is 0.317 e. The Kier molecular flexibility index (Phi) is 4.02. The molecule has 0 bridgehead atoms. The summed E-state index contributed by atoms with van der Waals surface area (Å²) in [6.07, 6.45) is 0. The lowest BCUT2D eigenvalue weighted by Gasteiger charge is -2.19. The van der Waals surface area contributed by atoms with Gasteiger partial charge in [-0.05, 0) is 26.0 Å². The lowest BCUT2D eigenvalue weighted by molar-refractivity contribution is -0.131. The molecule has 20 heavy (non-hydrogen) atoms. The van der Waals surface area contributed by atoms with Crippen LogP contribution in [0, 0.1) is 0 Å². The van der Waals surface area contributed by atoms with Gasteiger partial charge in [0, 0.05) is 13.1 Å². The average molecular weight is 275 g/mol. The number of carbonyl (C=O) groups is 1. The molecule has 2 rings (SSSR count). The maximum Gasteiger partial charge on any atom is 0.317 e. The lowest BCUT2D eigenvalue weighted by atomic mass is 10.3. The van der Waals surface area contributed by atoms with Crippen LogP contribution in [0.15, 0.2) is 33.9 Å². The monoisotopic (exact) mass is 275 g/mol. The quantitative estimate of drug-likeness (QED) is 0.828. The van der Waals surface area contributed by atoms with Crippen molar-refractivity contribution in [2.75, 3.05) is 13.1 Å². The molecule has 1 amide bonds. The van der Waals surface area contributed by atoms with Gasteiger partial charge in [0.15, 0.2) is 0 Å². The minimum Gasteiger partial charge on any atom is -0.342 e. The zero-order chi connectivity index (χ0) is 14.7. The van der Waals surface area contributed by atoms with Gasteiger partial charge in [-0.15, -0.1) is 0 Å². The molecule has 1 N–H and O–H groups in total. The van der Waals surface area contributed by atoms with Crippen LogP contribution in [-0.4, -0.2) is 33.4 Å². The number of nitrogens with one attached hydrogen (secondary N) is 1. The van der Waals surface area contributed by atoms with Crippen molar-refractivity contribution in [1.29, 1.82) is 0 Å². The van der Waals surface area contributed by atoms with E-state index in [0.29, 0.717) is 24.1 Å². The Morgan fingerprint density at radius 3 is 2.50 bits per heavy atom. The highest BCUT2D eigenvalue weighted by molar-refractivity contribution is 5.80. The zero-order valence-corrected chi connectivity index (χ0v) is 11.5. The third-order valence-electron chi connectivity index (χ3n) is 3.29. The first-order valence-electron chi connectivity index (χ1n) is 6.58. The molecule has 0 aliphatic carbocycles. The number of likely N-dealkylation sites (N-methyl/N-ethyl adjacent to an activating group) is 1. The number of hydrogen-bond acceptors (Lipinski definition) is 3. The van der Waals surface area contributed by atoms with Crippen molar-refractivity contribution < 1.29 is 4.79 Å². The van der Waals surface area contributed by atoms with Gasteiger partial charge in [0.2, 0.25) is 5.91 Å². The van der Waals surface area contributed by atoms with E-state index >= 15 is 0 Å². The van der Waals surface area contributed by atoms with Gasteiger partial charge in [0.25, 0.3) is 0 Å². The fourth-order valence-corrected chi connectivity index (χ4v) is 2.19. The number of aromatic nitrogens is 2. The predicted octanol–water partition coefficient (Wildman–Crippen LogP) is 0.558. The fraction of sp³-hybridized carbons (Fsp3) is 0.357. The number of aromatic amines is 1. The van der Waals surface area contributed by atoms with Crippen LogP contribution in [0.25, 0.3) is 11.0 Å². The molecule has 0 atom stereocenters. The van der Waals surface area contributed by atoms with E-state index in [-0.39, 0.29) is 12.5 Å². The van der Waals surface area contributed by atoms with Gasteiger partial charge >= 0.3 is 11.1 Å². The van der Waals surface area contributed by atoms with Crippen molar-refractivity contribution in [1.82, 2.24) is 14.5 Å². The summed E-state index contributed by atoms with van der Waals surface area (Å²) in [5, 5.41) is 0. The number of carbonyl (C=O) groups excluding carboxylic acids is 1. The van der Waals surface area contributed by atoms with Crippen LogP contribution in [0.1, 0.15) is 13.8 Å². The molecule has 0 radical (unpaired) electrons. The molecule has 2 aromatic rings. The number of amides is 1. The number of H-pyrrole nitrogens is 1. The van der Waals surface area contributed by atoms with Gasteiger partial charge in [-0.3, -0.25) is 19.0 Å². The minimum atomic E-state index is -0.712. The van der Waals surface area contributed by atoms with Crippen LogP contribution in [-0.2, 0) is 11.3 Å². The maximum atomic E-state index is 12.1. The lowest BCUT2D eigenvalue weighted by Crippen LogP contribution is -2.41. The summed E-state index contributed by atoms with van der Waals surface area (Å²) < 4.78 is 1.23. The SMILES string of the molecule is CCN(CC)C(=O)Cn1c(=O)c(=O)[nH]c2ccccc21. The summed E-state index contributed by atoms with van der Waals surface area (Å²) in [5.74, 6) is -0.173. The summed E-state index contributed by atoms with van der Waals surface area (Å²) in [6, 6.07) is 6.94. The Morgan fingerprint density at radius 1 is 1.20 bits per heavy atom. The summed E-state index contributed by atoms with van der Waals surface area (Å²) in [6.45, 7) is 4.78. The summed E-state index contributed by atoms with van der Waals surface area (Å²) in [4.78, 5) is 39.9. The fourth-order valence-electron chi connectivity index (χ4n) is 2.19. The molecule has 106 valence electrons. The first-order valence-corrected chi connectivity index (χ1v) is 6.58. The predicted molar refractivity (Wildman–Crippen MR) is 76.8 cm³/mol. The minimum absolute atomic E-state index is 0.120. The molecule has 0 aliphatic heterocycles. The van der Waals surface area contributed by atoms with Crippen molar-refractivity contribution in [3.63, 3.8) is 0 Å². The summed E-state index contributed by atoms with van der Waals surface area (Å²) >= 11 is 0. The molecule has 0 saturated carbocycles. The maximum absolute atomic E-state index is 12.1. The van der Waals surface area contributed by atoms with E-state index in [1.807, 2.05) is 13.8 Å². The molecular formula is C14H17N3O3. The van der Waals surface area contributed by atoms with E-state index in [4.69, 9.17) is 0 Å². The standard InChI is InChI=1S/C14H17N3O3/c1-3-16(4-2)12(18)9-17-11-8-6-5-7-10(11)15-13(19)14(17)20/h5-8H,3-4,9H2,1-2H3,(H,15,19). The highest BCUT2D eigenvalue weighted by atomic mass is 16.2. The van der Waals surface area contributed by atoms with E-state index < -0.39 is 11.1 Å². The van der Waals surface area contributed by atoms with Crippen molar-refractivity contribution in [2.24, 2.45) is 0 Å². The normalized spacial score (nSPS) is 10.7. The van der Waals surface area contributed by atoms with Crippen molar-refractivity contribution in [2.45, 2.75) is 20.4 Å². The molecule has 6 nitrogen and oxygen atoms in total. The van der Waals surface area contributed by atoms with Gasteiger partial charge in [-0.25, -0.2) is 0 Å². The second-order valence-electron chi connectivity index (χ2n) is 4.43. The van der Waals surface area contributed by atoms with E-state index in [1.54, 1.807) is 29.2 Å². The average Bonchev–Trinajstić information content (AvgIpc) is 2.45. The molecule has 1 heterocycles. The molecule has 0 fully saturated rings. The summed E-state index contributed by atoms with van der Waals surface area (Å²) in [5.41, 5.74) is -0.317. The molecule has 1 aromatic heterocycles. The van der Waals surface area contributed by atoms with Gasteiger partial charge in [0.1, 0.15) is 6.54 Å². The van der Waals surface area contributed by atoms with Gasteiger partial charge in [0.05, 0.1) is 11.0 Å². The highest BCUT2D eigenvalue weighted by Gasteiger charge is 2.14. The van der Waals surface area contributed by atoms with Crippen LogP contribution in [0.5, 0.6) is 0 Å². The first-order chi connectivity index (χ1) is 9.58. The van der Waals surface area contributed by atoms with E-state index in [2.05, 4.69) is 4.98 Å². The molecular weight excluding hydrogens is 258 g/mol. The number of hydrogen-bond donors (Lipinski definition) is 1. The van der Waals surface area contributed by atoms with Crippen molar-refractivity contribution in [3.05, 3.63) is 45.0 Å². The molecule has 0 aliphatic rings. The zero-order valence-electron chi connectivity index (χ0n) is 11.5. The van der Waals surface area contributed by atoms with Crippen LogP contribution in [0.3, 0.4) is 0 Å². The van der Waals surface area contributed by atoms with Crippen LogP contribution in [0.2, 0.25) is 0 Å². The van der Waals surface area contributed by atoms with E-state index in [9.17, 15) is 14.4 Å². The van der Waals surface area contributed by atoms with Crippen LogP contribution < -0.4 is 11.1 Å².